The van der Waals surface area contributed by atoms with Crippen molar-refractivity contribution in [2.45, 2.75) is 33.9 Å². The average molecular weight is 398 g/mol. The van der Waals surface area contributed by atoms with Crippen molar-refractivity contribution in [2.24, 2.45) is 0 Å². The van der Waals surface area contributed by atoms with E-state index in [4.69, 9.17) is 16.3 Å². The first kappa shape index (κ1) is 20.0. The Labute approximate surface area is 170 Å². The van der Waals surface area contributed by atoms with E-state index in [-0.39, 0.29) is 12.5 Å². The first-order valence-corrected chi connectivity index (χ1v) is 9.54. The van der Waals surface area contributed by atoms with Gasteiger partial charge in [0.1, 0.15) is 5.75 Å². The van der Waals surface area contributed by atoms with Gasteiger partial charge in [0.05, 0.1) is 17.3 Å². The summed E-state index contributed by atoms with van der Waals surface area (Å²) in [6.45, 7) is 6.96. The molecule has 3 aromatic rings. The lowest BCUT2D eigenvalue weighted by Crippen LogP contribution is -2.28. The van der Waals surface area contributed by atoms with Crippen molar-refractivity contribution in [1.29, 1.82) is 0 Å². The molecule has 0 aliphatic rings. The van der Waals surface area contributed by atoms with Gasteiger partial charge in [-0.3, -0.25) is 9.48 Å². The van der Waals surface area contributed by atoms with Crippen LogP contribution in [0.5, 0.6) is 5.75 Å². The van der Waals surface area contributed by atoms with Gasteiger partial charge in [0, 0.05) is 17.8 Å². The molecule has 0 bridgehead atoms. The van der Waals surface area contributed by atoms with E-state index in [1.54, 1.807) is 6.07 Å². The highest BCUT2D eigenvalue weighted by atomic mass is 35.5. The Morgan fingerprint density at radius 1 is 1.14 bits per heavy atom. The van der Waals surface area contributed by atoms with Crippen molar-refractivity contribution in [1.82, 2.24) is 15.1 Å². The van der Waals surface area contributed by atoms with E-state index in [0.717, 1.165) is 22.5 Å². The Balaban J connectivity index is 1.58. The number of amides is 1. The van der Waals surface area contributed by atoms with Crippen molar-refractivity contribution in [3.05, 3.63) is 81.6 Å². The Morgan fingerprint density at radius 3 is 2.64 bits per heavy atom. The zero-order valence-electron chi connectivity index (χ0n) is 16.3. The van der Waals surface area contributed by atoms with E-state index >= 15 is 0 Å². The van der Waals surface area contributed by atoms with Crippen LogP contribution in [0.25, 0.3) is 0 Å². The molecule has 0 spiro atoms. The number of halogens is 1. The van der Waals surface area contributed by atoms with Crippen molar-refractivity contribution in [3.8, 4) is 5.75 Å². The summed E-state index contributed by atoms with van der Waals surface area (Å²) in [5.74, 6) is 0.312. The first-order valence-electron chi connectivity index (χ1n) is 9.16. The normalized spacial score (nSPS) is 10.7. The standard InChI is InChI=1S/C22H24ClN3O2/c1-15-9-10-20(23)21(11-15)28-14-22(27)24-12-19-16(2)25-26(17(19)3)13-18-7-5-4-6-8-18/h4-11H,12-14H2,1-3H3,(H,24,27). The molecular weight excluding hydrogens is 374 g/mol. The minimum atomic E-state index is -0.202. The number of ether oxygens (including phenoxy) is 1. The number of carbonyl (C=O) groups is 1. The largest absolute Gasteiger partial charge is 0.482 e. The summed E-state index contributed by atoms with van der Waals surface area (Å²) < 4.78 is 7.52. The molecule has 0 radical (unpaired) electrons. The van der Waals surface area contributed by atoms with E-state index in [1.165, 1.54) is 5.56 Å². The van der Waals surface area contributed by atoms with E-state index in [9.17, 15) is 4.79 Å². The Hall–Kier alpha value is -2.79. The average Bonchev–Trinajstić information content (AvgIpc) is 2.94. The quantitative estimate of drug-likeness (QED) is 0.649. The van der Waals surface area contributed by atoms with Crippen molar-refractivity contribution in [3.63, 3.8) is 0 Å². The molecule has 6 heteroatoms. The number of benzene rings is 2. The minimum absolute atomic E-state index is 0.0839. The number of nitrogens with zero attached hydrogens (tertiary/aromatic N) is 2. The van der Waals surface area contributed by atoms with Crippen LogP contribution in [0.2, 0.25) is 5.02 Å². The summed E-state index contributed by atoms with van der Waals surface area (Å²) in [6, 6.07) is 15.7. The van der Waals surface area contributed by atoms with Gasteiger partial charge in [0.2, 0.25) is 0 Å². The number of nitrogens with one attached hydrogen (secondary N) is 1. The van der Waals surface area contributed by atoms with Gasteiger partial charge in [-0.15, -0.1) is 0 Å². The van der Waals surface area contributed by atoms with Crippen LogP contribution in [0.4, 0.5) is 0 Å². The predicted octanol–water partition coefficient (Wildman–Crippen LogP) is 4.21. The number of rotatable bonds is 7. The van der Waals surface area contributed by atoms with Gasteiger partial charge in [-0.05, 0) is 44.0 Å². The lowest BCUT2D eigenvalue weighted by atomic mass is 10.2. The topological polar surface area (TPSA) is 56.1 Å². The molecule has 0 atom stereocenters. The van der Waals surface area contributed by atoms with Crippen LogP contribution in [0.3, 0.4) is 0 Å². The molecule has 0 fully saturated rings. The summed E-state index contributed by atoms with van der Waals surface area (Å²) in [4.78, 5) is 12.2. The molecule has 0 saturated carbocycles. The van der Waals surface area contributed by atoms with Crippen LogP contribution < -0.4 is 10.1 Å². The number of hydrogen-bond donors (Lipinski definition) is 1. The van der Waals surface area contributed by atoms with Gasteiger partial charge < -0.3 is 10.1 Å². The predicted molar refractivity (Wildman–Crippen MR) is 111 cm³/mol. The highest BCUT2D eigenvalue weighted by Crippen LogP contribution is 2.25. The minimum Gasteiger partial charge on any atom is -0.482 e. The molecule has 1 amide bonds. The third-order valence-electron chi connectivity index (χ3n) is 4.61. The summed E-state index contributed by atoms with van der Waals surface area (Å²) in [7, 11) is 0. The van der Waals surface area contributed by atoms with Crippen LogP contribution in [0.15, 0.2) is 48.5 Å². The van der Waals surface area contributed by atoms with Gasteiger partial charge in [-0.1, -0.05) is 48.0 Å². The summed E-state index contributed by atoms with van der Waals surface area (Å²) in [6.07, 6.45) is 0. The molecule has 0 saturated heterocycles. The lowest BCUT2D eigenvalue weighted by molar-refractivity contribution is -0.123. The van der Waals surface area contributed by atoms with Gasteiger partial charge in [0.25, 0.3) is 5.91 Å². The highest BCUT2D eigenvalue weighted by molar-refractivity contribution is 6.32. The maximum absolute atomic E-state index is 12.2. The number of aryl methyl sites for hydroxylation is 2. The molecule has 0 unspecified atom stereocenters. The lowest BCUT2D eigenvalue weighted by Gasteiger charge is -2.10. The van der Waals surface area contributed by atoms with Crippen LogP contribution in [-0.2, 0) is 17.9 Å². The van der Waals surface area contributed by atoms with Crippen molar-refractivity contribution >= 4 is 17.5 Å². The molecule has 3 rings (SSSR count). The maximum atomic E-state index is 12.2. The Bertz CT molecular complexity index is 967. The van der Waals surface area contributed by atoms with Crippen LogP contribution >= 0.6 is 11.6 Å². The molecule has 1 N–H and O–H groups in total. The van der Waals surface area contributed by atoms with E-state index in [2.05, 4.69) is 22.5 Å². The first-order chi connectivity index (χ1) is 13.4. The molecule has 2 aromatic carbocycles. The van der Waals surface area contributed by atoms with Crippen molar-refractivity contribution in [2.75, 3.05) is 6.61 Å². The summed E-state index contributed by atoms with van der Waals surface area (Å²) >= 11 is 6.10. The van der Waals surface area contributed by atoms with Crippen LogP contribution in [0, 0.1) is 20.8 Å². The fraction of sp³-hybridized carbons (Fsp3) is 0.273. The summed E-state index contributed by atoms with van der Waals surface area (Å²) in [5, 5.41) is 8.01. The molecule has 28 heavy (non-hydrogen) atoms. The van der Waals surface area contributed by atoms with Crippen molar-refractivity contribution < 1.29 is 9.53 Å². The monoisotopic (exact) mass is 397 g/mol. The number of carbonyl (C=O) groups excluding carboxylic acids is 1. The maximum Gasteiger partial charge on any atom is 0.258 e. The fourth-order valence-electron chi connectivity index (χ4n) is 3.00. The second kappa shape index (κ2) is 8.93. The van der Waals surface area contributed by atoms with Gasteiger partial charge in [-0.2, -0.15) is 5.10 Å². The van der Waals surface area contributed by atoms with E-state index in [1.807, 2.05) is 55.8 Å². The SMILES string of the molecule is Cc1ccc(Cl)c(OCC(=O)NCc2c(C)nn(Cc3ccccc3)c2C)c1. The highest BCUT2D eigenvalue weighted by Gasteiger charge is 2.13. The molecule has 1 aromatic heterocycles. The van der Waals surface area contributed by atoms with Gasteiger partial charge in [-0.25, -0.2) is 0 Å². The smallest absolute Gasteiger partial charge is 0.258 e. The molecule has 0 aliphatic heterocycles. The fourth-order valence-corrected chi connectivity index (χ4v) is 3.17. The second-order valence-corrected chi connectivity index (χ2v) is 7.20. The van der Waals surface area contributed by atoms with Crippen LogP contribution in [-0.4, -0.2) is 22.3 Å². The van der Waals surface area contributed by atoms with E-state index in [0.29, 0.717) is 23.9 Å². The molecule has 1 heterocycles. The molecular formula is C22H24ClN3O2. The second-order valence-electron chi connectivity index (χ2n) is 6.79. The zero-order chi connectivity index (χ0) is 20.1. The van der Waals surface area contributed by atoms with E-state index < -0.39 is 0 Å². The third-order valence-corrected chi connectivity index (χ3v) is 4.93. The Morgan fingerprint density at radius 2 is 1.89 bits per heavy atom. The number of hydrogen-bond acceptors (Lipinski definition) is 3. The van der Waals surface area contributed by atoms with Gasteiger partial charge in [0.15, 0.2) is 6.61 Å². The molecule has 0 aliphatic carbocycles. The zero-order valence-corrected chi connectivity index (χ0v) is 17.1. The molecule has 146 valence electrons. The number of aromatic nitrogens is 2. The van der Waals surface area contributed by atoms with Gasteiger partial charge >= 0.3 is 0 Å². The van der Waals surface area contributed by atoms with Crippen LogP contribution in [0.1, 0.15) is 28.1 Å². The Kier molecular flexibility index (Phi) is 6.37. The molecule has 5 nitrogen and oxygen atoms in total. The summed E-state index contributed by atoms with van der Waals surface area (Å²) in [5.41, 5.74) is 5.20. The third kappa shape index (κ3) is 4.93.